The smallest absolute Gasteiger partial charge is 0.434 e. The molecule has 0 aliphatic rings. The second-order valence-electron chi connectivity index (χ2n) is 8.42. The summed E-state index contributed by atoms with van der Waals surface area (Å²) in [6.45, 7) is 3.28. The fraction of sp³-hybridized carbons (Fsp3) is 0.143. The minimum absolute atomic E-state index is 0.204. The van der Waals surface area contributed by atoms with Gasteiger partial charge in [0.05, 0.1) is 5.69 Å². The highest BCUT2D eigenvalue weighted by atomic mass is 35.5. The van der Waals surface area contributed by atoms with Crippen LogP contribution in [0, 0.1) is 13.8 Å². The normalized spacial score (nSPS) is 11.8. The van der Waals surface area contributed by atoms with Crippen LogP contribution in [0.4, 0.5) is 13.2 Å². The maximum Gasteiger partial charge on any atom is 0.434 e. The van der Waals surface area contributed by atoms with Gasteiger partial charge in [-0.25, -0.2) is 9.97 Å². The molecule has 0 fully saturated rings. The number of aromatic nitrogens is 3. The number of rotatable bonds is 5. The molecule has 188 valence electrons. The zero-order chi connectivity index (χ0) is 26.3. The summed E-state index contributed by atoms with van der Waals surface area (Å²) in [4.78, 5) is 9.46. The van der Waals surface area contributed by atoms with Crippen LogP contribution in [0.5, 0.6) is 0 Å². The van der Waals surface area contributed by atoms with Crippen LogP contribution in [0.1, 0.15) is 17.4 Å². The van der Waals surface area contributed by atoms with Crippen LogP contribution in [-0.2, 0) is 6.18 Å². The number of halogens is 4. The molecule has 0 saturated carbocycles. The summed E-state index contributed by atoms with van der Waals surface area (Å²) in [6.07, 6.45) is -1.55. The van der Waals surface area contributed by atoms with Gasteiger partial charge in [0.25, 0.3) is 0 Å². The number of thioether (sulfide) groups is 1. The van der Waals surface area contributed by atoms with Crippen LogP contribution in [0.25, 0.3) is 39.4 Å². The fourth-order valence-electron chi connectivity index (χ4n) is 4.18. The van der Waals surface area contributed by atoms with Crippen molar-refractivity contribution in [3.05, 3.63) is 95.4 Å². The van der Waals surface area contributed by atoms with Gasteiger partial charge in [-0.1, -0.05) is 41.9 Å². The molecule has 9 heteroatoms. The largest absolute Gasteiger partial charge is 0.440 e. The van der Waals surface area contributed by atoms with E-state index in [9.17, 15) is 13.2 Å². The number of oxazole rings is 1. The Morgan fingerprint density at radius 3 is 2.27 bits per heavy atom. The van der Waals surface area contributed by atoms with Gasteiger partial charge in [-0.3, -0.25) is 0 Å². The second-order valence-corrected chi connectivity index (χ2v) is 9.74. The summed E-state index contributed by atoms with van der Waals surface area (Å²) < 4.78 is 48.0. The maximum absolute atomic E-state index is 13.5. The van der Waals surface area contributed by atoms with Crippen molar-refractivity contribution in [3.8, 4) is 39.4 Å². The summed E-state index contributed by atoms with van der Waals surface area (Å²) in [5, 5.41) is 0.579. The van der Waals surface area contributed by atoms with E-state index in [-0.39, 0.29) is 5.82 Å². The lowest BCUT2D eigenvalue weighted by Crippen LogP contribution is -2.05. The lowest BCUT2D eigenvalue weighted by molar-refractivity contribution is -0.141. The molecule has 0 atom stereocenters. The average molecular weight is 540 g/mol. The number of hydrogen-bond acceptors (Lipinski definition) is 4. The van der Waals surface area contributed by atoms with Gasteiger partial charge in [0.2, 0.25) is 0 Å². The van der Waals surface area contributed by atoms with Crippen molar-refractivity contribution in [2.75, 3.05) is 6.26 Å². The Bertz CT molecular complexity index is 1590. The molecule has 5 rings (SSSR count). The van der Waals surface area contributed by atoms with Gasteiger partial charge < -0.3 is 8.98 Å². The maximum atomic E-state index is 13.5. The fourth-order valence-corrected chi connectivity index (χ4v) is 4.76. The SMILES string of the molecule is CSc1cccc(-c2ccc(-n3cc(C(F)(F)F)nc3C)c(-c3oc(C)nc3-c3ccc(Cl)cc3)c2)c1. The molecular weight excluding hydrogens is 519 g/mol. The van der Waals surface area contributed by atoms with Gasteiger partial charge in [0, 0.05) is 34.2 Å². The first-order valence-corrected chi connectivity index (χ1v) is 12.9. The highest BCUT2D eigenvalue weighted by molar-refractivity contribution is 7.98. The number of aryl methyl sites for hydroxylation is 2. The molecule has 0 spiro atoms. The highest BCUT2D eigenvalue weighted by Crippen LogP contribution is 2.40. The molecule has 4 nitrogen and oxygen atoms in total. The van der Waals surface area contributed by atoms with Gasteiger partial charge in [0.15, 0.2) is 17.3 Å². The van der Waals surface area contributed by atoms with Crippen LogP contribution >= 0.6 is 23.4 Å². The number of nitrogens with zero attached hydrogens (tertiary/aromatic N) is 3. The van der Waals surface area contributed by atoms with Gasteiger partial charge in [-0.2, -0.15) is 13.2 Å². The first kappa shape index (κ1) is 25.2. The lowest BCUT2D eigenvalue weighted by atomic mass is 9.98. The third-order valence-electron chi connectivity index (χ3n) is 5.93. The topological polar surface area (TPSA) is 43.9 Å². The first-order valence-electron chi connectivity index (χ1n) is 11.3. The summed E-state index contributed by atoms with van der Waals surface area (Å²) >= 11 is 7.72. The summed E-state index contributed by atoms with van der Waals surface area (Å²) in [5.74, 6) is 1.08. The van der Waals surface area contributed by atoms with Crippen molar-refractivity contribution in [2.45, 2.75) is 24.9 Å². The van der Waals surface area contributed by atoms with Gasteiger partial charge in [-0.15, -0.1) is 11.8 Å². The lowest BCUT2D eigenvalue weighted by Gasteiger charge is -2.14. The van der Waals surface area contributed by atoms with E-state index < -0.39 is 11.9 Å². The second kappa shape index (κ2) is 9.76. The summed E-state index contributed by atoms with van der Waals surface area (Å²) in [7, 11) is 0. The number of hydrogen-bond donors (Lipinski definition) is 0. The third kappa shape index (κ3) is 5.04. The Labute approximate surface area is 221 Å². The molecule has 2 heterocycles. The quantitative estimate of drug-likeness (QED) is 0.209. The van der Waals surface area contributed by atoms with E-state index in [0.29, 0.717) is 33.6 Å². The minimum atomic E-state index is -4.56. The molecule has 0 N–H and O–H groups in total. The molecule has 0 aliphatic heterocycles. The van der Waals surface area contributed by atoms with Crippen molar-refractivity contribution in [1.82, 2.24) is 14.5 Å². The van der Waals surface area contributed by atoms with E-state index in [1.54, 1.807) is 43.8 Å². The van der Waals surface area contributed by atoms with Crippen molar-refractivity contribution in [3.63, 3.8) is 0 Å². The van der Waals surface area contributed by atoms with Gasteiger partial charge in [0.1, 0.15) is 11.5 Å². The summed E-state index contributed by atoms with van der Waals surface area (Å²) in [6, 6.07) is 20.8. The molecule has 0 bridgehead atoms. The summed E-state index contributed by atoms with van der Waals surface area (Å²) in [5.41, 5.74) is 3.33. The van der Waals surface area contributed by atoms with E-state index in [2.05, 4.69) is 16.0 Å². The van der Waals surface area contributed by atoms with Crippen LogP contribution in [0.15, 0.2) is 82.2 Å². The van der Waals surface area contributed by atoms with Crippen molar-refractivity contribution in [2.24, 2.45) is 0 Å². The number of imidazole rings is 1. The Kier molecular flexibility index (Phi) is 6.64. The Morgan fingerprint density at radius 1 is 0.892 bits per heavy atom. The zero-order valence-electron chi connectivity index (χ0n) is 20.1. The van der Waals surface area contributed by atoms with Crippen molar-refractivity contribution in [1.29, 1.82) is 0 Å². The zero-order valence-corrected chi connectivity index (χ0v) is 21.7. The Balaban J connectivity index is 1.76. The van der Waals surface area contributed by atoms with Crippen molar-refractivity contribution < 1.29 is 17.6 Å². The molecule has 5 aromatic rings. The van der Waals surface area contributed by atoms with E-state index in [1.807, 2.05) is 48.7 Å². The van der Waals surface area contributed by atoms with E-state index >= 15 is 0 Å². The van der Waals surface area contributed by atoms with Gasteiger partial charge in [-0.05, 0) is 60.7 Å². The third-order valence-corrected chi connectivity index (χ3v) is 6.91. The monoisotopic (exact) mass is 539 g/mol. The van der Waals surface area contributed by atoms with Crippen LogP contribution < -0.4 is 0 Å². The Hall–Kier alpha value is -3.49. The molecule has 0 amide bonds. The van der Waals surface area contributed by atoms with Gasteiger partial charge >= 0.3 is 6.18 Å². The predicted molar refractivity (Wildman–Crippen MR) is 141 cm³/mol. The molecule has 37 heavy (non-hydrogen) atoms. The molecule has 0 unspecified atom stereocenters. The number of benzene rings is 3. The van der Waals surface area contributed by atoms with Crippen LogP contribution in [0.2, 0.25) is 5.02 Å². The molecule has 0 saturated heterocycles. The van der Waals surface area contributed by atoms with Crippen LogP contribution in [0.3, 0.4) is 0 Å². The van der Waals surface area contributed by atoms with E-state index in [4.69, 9.17) is 16.0 Å². The van der Waals surface area contributed by atoms with Crippen LogP contribution in [-0.4, -0.2) is 20.8 Å². The first-order chi connectivity index (χ1) is 17.6. The molecule has 3 aromatic carbocycles. The van der Waals surface area contributed by atoms with E-state index in [1.165, 1.54) is 4.57 Å². The molecule has 0 aliphatic carbocycles. The molecule has 0 radical (unpaired) electrons. The molecule has 2 aromatic heterocycles. The predicted octanol–water partition coefficient (Wildman–Crippen LogP) is 8.87. The highest BCUT2D eigenvalue weighted by Gasteiger charge is 2.35. The average Bonchev–Trinajstić information content (AvgIpc) is 3.47. The minimum Gasteiger partial charge on any atom is -0.440 e. The molecular formula is C28H21ClF3N3OS. The Morgan fingerprint density at radius 2 is 1.59 bits per heavy atom. The van der Waals surface area contributed by atoms with Crippen molar-refractivity contribution >= 4 is 23.4 Å². The number of alkyl halides is 3. The van der Waals surface area contributed by atoms with E-state index in [0.717, 1.165) is 27.8 Å². The standard InChI is InChI=1S/C28H21ClF3N3OS/c1-16-33-25(28(30,31)32)15-35(16)24-12-9-20(19-5-4-6-22(13-19)37-3)14-23(24)27-26(34-17(2)36-27)18-7-10-21(29)11-8-18/h4-15H,1-3H3.